The zero-order valence-electron chi connectivity index (χ0n) is 13.7. The van der Waals surface area contributed by atoms with Crippen molar-refractivity contribution in [3.63, 3.8) is 0 Å². The Morgan fingerprint density at radius 3 is 2.83 bits per heavy atom. The van der Waals surface area contributed by atoms with Crippen LogP contribution in [0.3, 0.4) is 0 Å². The lowest BCUT2D eigenvalue weighted by atomic mass is 9.92. The summed E-state index contributed by atoms with van der Waals surface area (Å²) < 4.78 is 1.16. The molecule has 1 aliphatic rings. The summed E-state index contributed by atoms with van der Waals surface area (Å²) in [7, 11) is 0. The van der Waals surface area contributed by atoms with Gasteiger partial charge in [-0.05, 0) is 30.9 Å². The fourth-order valence-electron chi connectivity index (χ4n) is 3.37. The first kappa shape index (κ1) is 16.4. The fraction of sp³-hybridized carbons (Fsp3) is 0.556. The molecule has 2 N–H and O–H groups in total. The maximum Gasteiger partial charge on any atom is 0.239 e. The van der Waals surface area contributed by atoms with Gasteiger partial charge in [-0.3, -0.25) is 4.79 Å². The Hall–Kier alpha value is -1.46. The van der Waals surface area contributed by atoms with Crippen molar-refractivity contribution in [1.82, 2.24) is 9.88 Å². The first-order valence-electron chi connectivity index (χ1n) is 8.56. The van der Waals surface area contributed by atoms with Crippen LogP contribution < -0.4 is 5.73 Å². The number of carbonyl (C=O) groups excluding carboxylic acids is 1. The average molecular weight is 331 g/mol. The minimum Gasteiger partial charge on any atom is -0.341 e. The number of rotatable bonds is 5. The Morgan fingerprint density at radius 1 is 1.39 bits per heavy atom. The van der Waals surface area contributed by atoms with Crippen LogP contribution in [0.1, 0.15) is 37.6 Å². The lowest BCUT2D eigenvalue weighted by Crippen LogP contribution is -2.48. The molecule has 3 rings (SSSR count). The van der Waals surface area contributed by atoms with Gasteiger partial charge in [0.05, 0.1) is 21.3 Å². The smallest absolute Gasteiger partial charge is 0.239 e. The van der Waals surface area contributed by atoms with Crippen molar-refractivity contribution in [1.29, 1.82) is 0 Å². The lowest BCUT2D eigenvalue weighted by molar-refractivity contribution is -0.134. The van der Waals surface area contributed by atoms with Crippen LogP contribution in [-0.2, 0) is 11.2 Å². The molecule has 1 aliphatic heterocycles. The number of aromatic nitrogens is 1. The molecule has 1 saturated heterocycles. The lowest BCUT2D eigenvalue weighted by Gasteiger charge is -2.33. The van der Waals surface area contributed by atoms with Crippen LogP contribution in [0.4, 0.5) is 0 Å². The number of hydrogen-bond donors (Lipinski definition) is 1. The highest BCUT2D eigenvalue weighted by molar-refractivity contribution is 7.18. The summed E-state index contributed by atoms with van der Waals surface area (Å²) in [5.74, 6) is 0.865. The summed E-state index contributed by atoms with van der Waals surface area (Å²) >= 11 is 1.63. The van der Waals surface area contributed by atoms with Gasteiger partial charge in [-0.1, -0.05) is 31.9 Å². The third-order valence-electron chi connectivity index (χ3n) is 4.67. The second kappa shape index (κ2) is 7.41. The number of para-hydroxylation sites is 1. The molecule has 5 heteroatoms. The number of benzene rings is 1. The minimum atomic E-state index is -0.474. The number of amides is 1. The number of likely N-dealkylation sites (tertiary alicyclic amines) is 1. The Balaban J connectivity index is 1.57. The van der Waals surface area contributed by atoms with Crippen molar-refractivity contribution in [2.75, 3.05) is 13.1 Å². The van der Waals surface area contributed by atoms with Crippen molar-refractivity contribution in [2.45, 2.75) is 45.1 Å². The molecular weight excluding hydrogens is 306 g/mol. The second-order valence-electron chi connectivity index (χ2n) is 6.44. The van der Waals surface area contributed by atoms with Gasteiger partial charge in [0, 0.05) is 19.5 Å². The number of nitrogens with two attached hydrogens (primary N) is 1. The summed E-state index contributed by atoms with van der Waals surface area (Å²) in [5.41, 5.74) is 7.16. The Labute approximate surface area is 141 Å². The van der Waals surface area contributed by atoms with Gasteiger partial charge in [-0.2, -0.15) is 0 Å². The van der Waals surface area contributed by atoms with E-state index in [4.69, 9.17) is 5.73 Å². The molecule has 0 unspecified atom stereocenters. The topological polar surface area (TPSA) is 59.2 Å². The van der Waals surface area contributed by atoms with Gasteiger partial charge in [-0.15, -0.1) is 11.3 Å². The monoisotopic (exact) mass is 331 g/mol. The van der Waals surface area contributed by atoms with E-state index in [-0.39, 0.29) is 5.91 Å². The highest BCUT2D eigenvalue weighted by Crippen LogP contribution is 2.24. The maximum absolute atomic E-state index is 12.6. The van der Waals surface area contributed by atoms with Gasteiger partial charge in [-0.25, -0.2) is 4.98 Å². The van der Waals surface area contributed by atoms with Crippen molar-refractivity contribution in [3.8, 4) is 0 Å². The highest BCUT2D eigenvalue weighted by Gasteiger charge is 2.26. The molecule has 124 valence electrons. The molecule has 23 heavy (non-hydrogen) atoms. The molecule has 2 heterocycles. The molecule has 1 aromatic carbocycles. The van der Waals surface area contributed by atoms with Crippen molar-refractivity contribution in [3.05, 3.63) is 29.3 Å². The van der Waals surface area contributed by atoms with Crippen molar-refractivity contribution < 1.29 is 4.79 Å². The summed E-state index contributed by atoms with van der Waals surface area (Å²) in [6.45, 7) is 3.94. The van der Waals surface area contributed by atoms with E-state index in [2.05, 4.69) is 18.0 Å². The second-order valence-corrected chi connectivity index (χ2v) is 7.56. The van der Waals surface area contributed by atoms with Gasteiger partial charge in [0.15, 0.2) is 0 Å². The molecule has 4 nitrogen and oxygen atoms in total. The molecular formula is C18H25N3OS. The molecule has 0 bridgehead atoms. The largest absolute Gasteiger partial charge is 0.341 e. The van der Waals surface area contributed by atoms with Crippen LogP contribution in [0.25, 0.3) is 10.2 Å². The van der Waals surface area contributed by atoms with Gasteiger partial charge in [0.25, 0.3) is 0 Å². The van der Waals surface area contributed by atoms with Crippen LogP contribution >= 0.6 is 11.3 Å². The molecule has 1 aromatic heterocycles. The van der Waals surface area contributed by atoms with Crippen LogP contribution in [0.15, 0.2) is 24.3 Å². The summed E-state index contributed by atoms with van der Waals surface area (Å²) in [4.78, 5) is 19.1. The molecule has 1 fully saturated rings. The van der Waals surface area contributed by atoms with E-state index in [1.54, 1.807) is 11.3 Å². The standard InChI is InChI=1S/C18H25N3OS/c1-2-5-13-8-10-21(11-9-13)18(22)14(19)12-17-20-15-6-3-4-7-16(15)23-17/h3-4,6-7,13-14H,2,5,8-12,19H2,1H3/t14-/m0/s1. The van der Waals surface area contributed by atoms with Gasteiger partial charge in [0.2, 0.25) is 5.91 Å². The normalized spacial score (nSPS) is 17.6. The molecule has 1 amide bonds. The van der Waals surface area contributed by atoms with Gasteiger partial charge < -0.3 is 10.6 Å². The SMILES string of the molecule is CCCC1CCN(C(=O)[C@@H](N)Cc2nc3ccccc3s2)CC1. The summed E-state index contributed by atoms with van der Waals surface area (Å²) in [5, 5.41) is 0.952. The van der Waals surface area contributed by atoms with E-state index in [9.17, 15) is 4.79 Å². The first-order valence-corrected chi connectivity index (χ1v) is 9.38. The quantitative estimate of drug-likeness (QED) is 0.915. The van der Waals surface area contributed by atoms with E-state index in [1.807, 2.05) is 23.1 Å². The predicted octanol–water partition coefficient (Wildman–Crippen LogP) is 3.20. The Morgan fingerprint density at radius 2 is 2.13 bits per heavy atom. The van der Waals surface area contributed by atoms with Gasteiger partial charge >= 0.3 is 0 Å². The number of hydrogen-bond acceptors (Lipinski definition) is 4. The number of nitrogens with zero attached hydrogens (tertiary/aromatic N) is 2. The average Bonchev–Trinajstić information content (AvgIpc) is 2.97. The summed E-state index contributed by atoms with van der Waals surface area (Å²) in [6, 6.07) is 7.58. The van der Waals surface area contributed by atoms with E-state index in [1.165, 1.54) is 12.8 Å². The first-order chi connectivity index (χ1) is 11.2. The van der Waals surface area contributed by atoms with Crippen molar-refractivity contribution >= 4 is 27.5 Å². The maximum atomic E-state index is 12.6. The molecule has 1 atom stereocenters. The number of piperidine rings is 1. The highest BCUT2D eigenvalue weighted by atomic mass is 32.1. The van der Waals surface area contributed by atoms with E-state index in [0.717, 1.165) is 47.1 Å². The minimum absolute atomic E-state index is 0.0826. The predicted molar refractivity (Wildman–Crippen MR) is 95.5 cm³/mol. The molecule has 0 saturated carbocycles. The number of thiazole rings is 1. The Bertz CT molecular complexity index is 628. The summed E-state index contributed by atoms with van der Waals surface area (Å²) in [6.07, 6.45) is 5.28. The third-order valence-corrected chi connectivity index (χ3v) is 5.73. The zero-order valence-corrected chi connectivity index (χ0v) is 14.5. The zero-order chi connectivity index (χ0) is 16.2. The third kappa shape index (κ3) is 3.90. The van der Waals surface area contributed by atoms with E-state index < -0.39 is 6.04 Å². The molecule has 2 aromatic rings. The van der Waals surface area contributed by atoms with Crippen molar-refractivity contribution in [2.24, 2.45) is 11.7 Å². The van der Waals surface area contributed by atoms with Crippen LogP contribution in [0, 0.1) is 5.92 Å². The van der Waals surface area contributed by atoms with Gasteiger partial charge in [0.1, 0.15) is 0 Å². The Kier molecular flexibility index (Phi) is 5.28. The molecule has 0 aliphatic carbocycles. The number of carbonyl (C=O) groups is 1. The van der Waals surface area contributed by atoms with Crippen LogP contribution in [0.5, 0.6) is 0 Å². The van der Waals surface area contributed by atoms with Crippen LogP contribution in [0.2, 0.25) is 0 Å². The molecule has 0 spiro atoms. The van der Waals surface area contributed by atoms with E-state index >= 15 is 0 Å². The van der Waals surface area contributed by atoms with E-state index in [0.29, 0.717) is 6.42 Å². The fourth-order valence-corrected chi connectivity index (χ4v) is 4.39. The number of fused-ring (bicyclic) bond motifs is 1. The molecule has 0 radical (unpaired) electrons. The van der Waals surface area contributed by atoms with Crippen LogP contribution in [-0.4, -0.2) is 34.9 Å².